The minimum Gasteiger partial charge on any atom is -0.310 e. The maximum Gasteiger partial charge on any atom is 0.0520 e. The van der Waals surface area contributed by atoms with Gasteiger partial charge in [0.1, 0.15) is 0 Å². The Kier molecular flexibility index (Phi) is 7.93. The number of unbranched alkanes of at least 4 members (excludes halogenated alkanes) is 1. The van der Waals surface area contributed by atoms with Crippen LogP contribution in [0.1, 0.15) is 55.9 Å². The highest BCUT2D eigenvalue weighted by molar-refractivity contribution is 9.10. The van der Waals surface area contributed by atoms with Gasteiger partial charge in [-0.1, -0.05) is 61.0 Å². The summed E-state index contributed by atoms with van der Waals surface area (Å²) in [6.07, 6.45) is 3.46. The largest absolute Gasteiger partial charge is 0.310 e. The Morgan fingerprint density at radius 3 is 1.81 bits per heavy atom. The van der Waals surface area contributed by atoms with Gasteiger partial charge in [-0.2, -0.15) is 12.6 Å². The number of aryl methyl sites for hydroxylation is 3. The lowest BCUT2D eigenvalue weighted by atomic mass is 9.84. The number of hydrogen-bond acceptors (Lipinski definition) is 2. The molecule has 0 N–H and O–H groups in total. The van der Waals surface area contributed by atoms with Gasteiger partial charge in [-0.05, 0) is 103 Å². The number of thiol groups is 1. The van der Waals surface area contributed by atoms with Gasteiger partial charge in [0, 0.05) is 15.8 Å². The summed E-state index contributed by atoms with van der Waals surface area (Å²) in [7, 11) is 0. The van der Waals surface area contributed by atoms with Crippen LogP contribution in [0.2, 0.25) is 0 Å². The maximum atomic E-state index is 4.33. The minimum absolute atomic E-state index is 0.130. The van der Waals surface area contributed by atoms with E-state index in [4.69, 9.17) is 0 Å². The molecule has 3 heteroatoms. The van der Waals surface area contributed by atoms with Crippen molar-refractivity contribution in [2.75, 3.05) is 10.7 Å². The molecule has 0 saturated carbocycles. The van der Waals surface area contributed by atoms with E-state index < -0.39 is 0 Å². The molecule has 0 amide bonds. The molecule has 0 saturated heterocycles. The lowest BCUT2D eigenvalue weighted by Crippen LogP contribution is -2.16. The second kappa shape index (κ2) is 10.3. The zero-order chi connectivity index (χ0) is 22.6. The average molecular weight is 497 g/mol. The van der Waals surface area contributed by atoms with Crippen LogP contribution in [0, 0.1) is 13.8 Å². The minimum atomic E-state index is 0.130. The third kappa shape index (κ3) is 5.96. The van der Waals surface area contributed by atoms with Gasteiger partial charge in [0.2, 0.25) is 0 Å². The Hall–Kier alpha value is -1.71. The first-order valence-corrected chi connectivity index (χ1v) is 12.5. The Bertz CT molecular complexity index is 978. The van der Waals surface area contributed by atoms with E-state index in [0.717, 1.165) is 23.1 Å². The van der Waals surface area contributed by atoms with E-state index in [1.165, 1.54) is 45.7 Å². The average Bonchev–Trinajstić information content (AvgIpc) is 2.72. The fourth-order valence-corrected chi connectivity index (χ4v) is 4.48. The van der Waals surface area contributed by atoms with Crippen molar-refractivity contribution in [1.82, 2.24) is 0 Å². The Labute approximate surface area is 202 Å². The Morgan fingerprint density at radius 1 is 0.806 bits per heavy atom. The monoisotopic (exact) mass is 495 g/mol. The van der Waals surface area contributed by atoms with Crippen LogP contribution in [0.4, 0.5) is 17.1 Å². The van der Waals surface area contributed by atoms with Crippen molar-refractivity contribution in [3.63, 3.8) is 0 Å². The fraction of sp³-hybridized carbons (Fsp3) is 0.357. The normalized spacial score (nSPS) is 11.6. The molecule has 0 spiro atoms. The predicted octanol–water partition coefficient (Wildman–Crippen LogP) is 9.09. The lowest BCUT2D eigenvalue weighted by molar-refractivity contribution is 0.589. The third-order valence-electron chi connectivity index (χ3n) is 5.73. The molecule has 3 aromatic carbocycles. The summed E-state index contributed by atoms with van der Waals surface area (Å²) in [4.78, 5) is 2.39. The second-order valence-electron chi connectivity index (χ2n) is 9.37. The van der Waals surface area contributed by atoms with Gasteiger partial charge in [-0.15, -0.1) is 0 Å². The number of hydrogen-bond donors (Lipinski definition) is 1. The first-order chi connectivity index (χ1) is 14.7. The smallest absolute Gasteiger partial charge is 0.0520 e. The van der Waals surface area contributed by atoms with Crippen molar-refractivity contribution >= 4 is 45.6 Å². The molecule has 0 bridgehead atoms. The SMILES string of the molecule is Cc1cc(C(C)(C)C)cc(C)c1N(c1ccc(Br)cc1)c1ccc(CCCCS)cc1. The van der Waals surface area contributed by atoms with Crippen LogP contribution < -0.4 is 4.90 Å². The van der Waals surface area contributed by atoms with Crippen molar-refractivity contribution in [3.05, 3.63) is 87.4 Å². The topological polar surface area (TPSA) is 3.24 Å². The predicted molar refractivity (Wildman–Crippen MR) is 144 cm³/mol. The molecule has 164 valence electrons. The summed E-state index contributed by atoms with van der Waals surface area (Å²) in [6, 6.07) is 22.3. The quantitative estimate of drug-likeness (QED) is 0.252. The molecule has 0 aliphatic heterocycles. The van der Waals surface area contributed by atoms with E-state index in [-0.39, 0.29) is 5.41 Å². The van der Waals surface area contributed by atoms with Crippen molar-refractivity contribution < 1.29 is 0 Å². The van der Waals surface area contributed by atoms with Crippen LogP contribution in [0.15, 0.2) is 65.1 Å². The molecule has 0 atom stereocenters. The van der Waals surface area contributed by atoms with E-state index >= 15 is 0 Å². The van der Waals surface area contributed by atoms with Crippen LogP contribution in [-0.4, -0.2) is 5.75 Å². The molecule has 1 nitrogen and oxygen atoms in total. The number of anilines is 3. The molecule has 0 radical (unpaired) electrons. The number of benzene rings is 3. The van der Waals surface area contributed by atoms with Crippen LogP contribution in [0.5, 0.6) is 0 Å². The van der Waals surface area contributed by atoms with Crippen LogP contribution in [0.3, 0.4) is 0 Å². The number of nitrogens with zero attached hydrogens (tertiary/aromatic N) is 1. The standard InChI is InChI=1S/C28H34BrNS/c1-20-18-23(28(3,4)5)19-21(2)27(20)30(26-15-11-24(29)12-16-26)25-13-9-22(10-14-25)8-6-7-17-31/h9-16,18-19,31H,6-8,17H2,1-5H3. The summed E-state index contributed by atoms with van der Waals surface area (Å²) in [5.41, 5.74) is 9.11. The molecule has 0 aliphatic carbocycles. The highest BCUT2D eigenvalue weighted by Gasteiger charge is 2.21. The van der Waals surface area contributed by atoms with E-state index in [9.17, 15) is 0 Å². The molecule has 3 rings (SSSR count). The zero-order valence-corrected chi connectivity index (χ0v) is 21.9. The zero-order valence-electron chi connectivity index (χ0n) is 19.4. The van der Waals surface area contributed by atoms with Crippen molar-refractivity contribution in [3.8, 4) is 0 Å². The highest BCUT2D eigenvalue weighted by atomic mass is 79.9. The van der Waals surface area contributed by atoms with Crippen LogP contribution in [0.25, 0.3) is 0 Å². The summed E-state index contributed by atoms with van der Waals surface area (Å²) in [5, 5.41) is 0. The Balaban J connectivity index is 2.07. The first kappa shape index (κ1) is 23.9. The van der Waals surface area contributed by atoms with E-state index in [1.54, 1.807) is 0 Å². The van der Waals surface area contributed by atoms with Gasteiger partial charge in [-0.3, -0.25) is 0 Å². The summed E-state index contributed by atoms with van der Waals surface area (Å²) in [6.45, 7) is 11.3. The van der Waals surface area contributed by atoms with Gasteiger partial charge in [0.25, 0.3) is 0 Å². The maximum absolute atomic E-state index is 4.33. The second-order valence-corrected chi connectivity index (χ2v) is 10.7. The number of rotatable bonds is 7. The summed E-state index contributed by atoms with van der Waals surface area (Å²) in [5.74, 6) is 0.957. The van der Waals surface area contributed by atoms with Gasteiger partial charge in [0.05, 0.1) is 5.69 Å². The summed E-state index contributed by atoms with van der Waals surface area (Å²) >= 11 is 7.91. The molecule has 31 heavy (non-hydrogen) atoms. The van der Waals surface area contributed by atoms with Crippen molar-refractivity contribution in [2.45, 2.75) is 59.3 Å². The van der Waals surface area contributed by atoms with Gasteiger partial charge >= 0.3 is 0 Å². The molecule has 0 aromatic heterocycles. The van der Waals surface area contributed by atoms with Crippen molar-refractivity contribution in [1.29, 1.82) is 0 Å². The van der Waals surface area contributed by atoms with Crippen LogP contribution in [-0.2, 0) is 11.8 Å². The Morgan fingerprint density at radius 2 is 1.32 bits per heavy atom. The van der Waals surface area contributed by atoms with Gasteiger partial charge in [0.15, 0.2) is 0 Å². The molecular weight excluding hydrogens is 462 g/mol. The lowest BCUT2D eigenvalue weighted by Gasteiger charge is -2.31. The molecule has 0 fully saturated rings. The molecule has 0 aliphatic rings. The molecule has 0 unspecified atom stereocenters. The molecular formula is C28H34BrNS. The fourth-order valence-electron chi connectivity index (χ4n) is 3.99. The van der Waals surface area contributed by atoms with E-state index in [2.05, 4.69) is 129 Å². The molecule has 3 aromatic rings. The third-order valence-corrected chi connectivity index (χ3v) is 6.58. The van der Waals surface area contributed by atoms with Crippen molar-refractivity contribution in [2.24, 2.45) is 0 Å². The highest BCUT2D eigenvalue weighted by Crippen LogP contribution is 2.41. The van der Waals surface area contributed by atoms with E-state index in [0.29, 0.717) is 0 Å². The first-order valence-electron chi connectivity index (χ1n) is 11.1. The summed E-state index contributed by atoms with van der Waals surface area (Å²) < 4.78 is 1.09. The molecule has 0 heterocycles. The van der Waals surface area contributed by atoms with Gasteiger partial charge in [-0.25, -0.2) is 0 Å². The van der Waals surface area contributed by atoms with E-state index in [1.807, 2.05) is 0 Å². The number of halogens is 1. The van der Waals surface area contributed by atoms with Gasteiger partial charge < -0.3 is 4.90 Å². The van der Waals surface area contributed by atoms with Crippen LogP contribution >= 0.6 is 28.6 Å².